The van der Waals surface area contributed by atoms with E-state index in [9.17, 15) is 0 Å². The van der Waals surface area contributed by atoms with Crippen LogP contribution in [-0.4, -0.2) is 37.0 Å². The van der Waals surface area contributed by atoms with E-state index < -0.39 is 0 Å². The molecule has 3 atom stereocenters. The minimum Gasteiger partial charge on any atom is -0.378 e. The minimum atomic E-state index is 0.0972. The average molecular weight is 271 g/mol. The van der Waals surface area contributed by atoms with Crippen molar-refractivity contribution in [2.75, 3.05) is 19.0 Å². The van der Waals surface area contributed by atoms with E-state index in [1.165, 1.54) is 0 Å². The van der Waals surface area contributed by atoms with Gasteiger partial charge in [0.05, 0.1) is 23.5 Å². The Morgan fingerprint density at radius 2 is 2.28 bits per heavy atom. The molecule has 4 nitrogen and oxygen atoms in total. The Morgan fingerprint density at radius 1 is 1.50 bits per heavy atom. The first kappa shape index (κ1) is 13.6. The average Bonchev–Trinajstić information content (AvgIpc) is 2.31. The quantitative estimate of drug-likeness (QED) is 0.836. The molecule has 1 N–H and O–H groups in total. The van der Waals surface area contributed by atoms with Gasteiger partial charge in [-0.3, -0.25) is 0 Å². The van der Waals surface area contributed by atoms with Gasteiger partial charge in [-0.15, -0.1) is 0 Å². The predicted octanol–water partition coefficient (Wildman–Crippen LogP) is 2.65. The van der Waals surface area contributed by atoms with Crippen LogP contribution < -0.4 is 5.32 Å². The van der Waals surface area contributed by atoms with Crippen LogP contribution in [0.4, 0.5) is 5.69 Å². The lowest BCUT2D eigenvalue weighted by molar-refractivity contribution is -0.118. The lowest BCUT2D eigenvalue weighted by Gasteiger charge is -2.43. The molecule has 1 aliphatic carbocycles. The first-order valence-corrected chi connectivity index (χ1v) is 6.57. The van der Waals surface area contributed by atoms with Crippen molar-refractivity contribution in [3.05, 3.63) is 23.0 Å². The van der Waals surface area contributed by atoms with Gasteiger partial charge in [0, 0.05) is 13.7 Å². The van der Waals surface area contributed by atoms with E-state index in [0.29, 0.717) is 5.15 Å². The molecule has 100 valence electrons. The van der Waals surface area contributed by atoms with E-state index in [-0.39, 0.29) is 18.2 Å². The minimum absolute atomic E-state index is 0.0972. The normalized spacial score (nSPS) is 26.8. The second-order valence-electron chi connectivity index (χ2n) is 4.45. The fraction of sp³-hybridized carbons (Fsp3) is 0.615. The van der Waals surface area contributed by atoms with Gasteiger partial charge in [-0.2, -0.15) is 0 Å². The van der Waals surface area contributed by atoms with E-state index in [1.807, 2.05) is 19.9 Å². The summed E-state index contributed by atoms with van der Waals surface area (Å²) in [5.41, 5.74) is 1.90. The van der Waals surface area contributed by atoms with E-state index in [0.717, 1.165) is 24.4 Å². The zero-order valence-corrected chi connectivity index (χ0v) is 11.7. The molecule has 0 aromatic carbocycles. The topological polar surface area (TPSA) is 43.4 Å². The lowest BCUT2D eigenvalue weighted by Crippen LogP contribution is -2.56. The summed E-state index contributed by atoms with van der Waals surface area (Å²) < 4.78 is 11.1. The Balaban J connectivity index is 1.98. The number of rotatable bonds is 5. The van der Waals surface area contributed by atoms with Gasteiger partial charge < -0.3 is 14.8 Å². The molecule has 0 aliphatic heterocycles. The van der Waals surface area contributed by atoms with E-state index in [2.05, 4.69) is 10.3 Å². The molecule has 1 fully saturated rings. The van der Waals surface area contributed by atoms with Crippen LogP contribution in [0.25, 0.3) is 0 Å². The van der Waals surface area contributed by atoms with Gasteiger partial charge in [-0.05, 0) is 32.4 Å². The van der Waals surface area contributed by atoms with E-state index in [4.69, 9.17) is 21.1 Å². The summed E-state index contributed by atoms with van der Waals surface area (Å²) in [7, 11) is 1.72. The first-order valence-electron chi connectivity index (χ1n) is 6.19. The summed E-state index contributed by atoms with van der Waals surface area (Å²) in [6.07, 6.45) is 1.24. The summed E-state index contributed by atoms with van der Waals surface area (Å²) in [5, 5.41) is 3.95. The molecular formula is C13H19ClN2O2. The highest BCUT2D eigenvalue weighted by atomic mass is 35.5. The molecule has 0 bridgehead atoms. The number of nitrogens with one attached hydrogen (secondary N) is 1. The van der Waals surface area contributed by atoms with Crippen LogP contribution in [-0.2, 0) is 9.47 Å². The highest BCUT2D eigenvalue weighted by Gasteiger charge is 2.42. The summed E-state index contributed by atoms with van der Waals surface area (Å²) in [5.74, 6) is 0. The standard InChI is InChI=1S/C13H19ClN2O2/c1-4-18-11-7-10(13(11)17-3)16-9-5-6-12(14)15-8(9)2/h5-6,10-11,13,16H,4,7H2,1-3H3. The number of pyridine rings is 1. The number of anilines is 1. The third kappa shape index (κ3) is 2.76. The number of aromatic nitrogens is 1. The van der Waals surface area contributed by atoms with Crippen LogP contribution >= 0.6 is 11.6 Å². The van der Waals surface area contributed by atoms with Crippen molar-refractivity contribution in [2.24, 2.45) is 0 Å². The second kappa shape index (κ2) is 5.87. The summed E-state index contributed by atoms with van der Waals surface area (Å²) in [6, 6.07) is 4.01. The van der Waals surface area contributed by atoms with Crippen molar-refractivity contribution >= 4 is 17.3 Å². The SMILES string of the molecule is CCOC1CC(Nc2ccc(Cl)nc2C)C1OC. The molecule has 2 rings (SSSR count). The summed E-state index contributed by atoms with van der Waals surface area (Å²) >= 11 is 5.84. The molecule has 18 heavy (non-hydrogen) atoms. The van der Waals surface area contributed by atoms with Crippen LogP contribution in [0, 0.1) is 6.92 Å². The van der Waals surface area contributed by atoms with Crippen LogP contribution in [0.5, 0.6) is 0 Å². The maximum atomic E-state index is 5.84. The molecule has 0 amide bonds. The smallest absolute Gasteiger partial charge is 0.129 e. The van der Waals surface area contributed by atoms with Crippen molar-refractivity contribution in [1.82, 2.24) is 4.98 Å². The molecule has 3 unspecified atom stereocenters. The van der Waals surface area contributed by atoms with Gasteiger partial charge in [-0.25, -0.2) is 4.98 Å². The van der Waals surface area contributed by atoms with Crippen LogP contribution in [0.3, 0.4) is 0 Å². The van der Waals surface area contributed by atoms with Crippen LogP contribution in [0.2, 0.25) is 5.15 Å². The number of nitrogens with zero attached hydrogens (tertiary/aromatic N) is 1. The van der Waals surface area contributed by atoms with E-state index in [1.54, 1.807) is 13.2 Å². The Labute approximate surface area is 113 Å². The highest BCUT2D eigenvalue weighted by molar-refractivity contribution is 6.29. The monoisotopic (exact) mass is 270 g/mol. The van der Waals surface area contributed by atoms with E-state index >= 15 is 0 Å². The second-order valence-corrected chi connectivity index (χ2v) is 4.83. The zero-order valence-electron chi connectivity index (χ0n) is 10.9. The van der Waals surface area contributed by atoms with Crippen LogP contribution in [0.1, 0.15) is 19.0 Å². The number of hydrogen-bond donors (Lipinski definition) is 1. The summed E-state index contributed by atoms with van der Waals surface area (Å²) in [6.45, 7) is 4.66. The van der Waals surface area contributed by atoms with Crippen molar-refractivity contribution in [2.45, 2.75) is 38.5 Å². The van der Waals surface area contributed by atoms with Gasteiger partial charge >= 0.3 is 0 Å². The van der Waals surface area contributed by atoms with Crippen LogP contribution in [0.15, 0.2) is 12.1 Å². The number of hydrogen-bond acceptors (Lipinski definition) is 4. The fourth-order valence-electron chi connectivity index (χ4n) is 2.30. The van der Waals surface area contributed by atoms with Gasteiger partial charge in [-0.1, -0.05) is 11.6 Å². The Bertz CT molecular complexity index is 414. The molecule has 1 heterocycles. The number of halogens is 1. The molecule has 0 saturated heterocycles. The molecular weight excluding hydrogens is 252 g/mol. The molecule has 1 saturated carbocycles. The predicted molar refractivity (Wildman–Crippen MR) is 72.2 cm³/mol. The van der Waals surface area contributed by atoms with Gasteiger partial charge in [0.1, 0.15) is 11.3 Å². The number of ether oxygens (including phenoxy) is 2. The van der Waals surface area contributed by atoms with Gasteiger partial charge in [0.15, 0.2) is 0 Å². The largest absolute Gasteiger partial charge is 0.378 e. The number of methoxy groups -OCH3 is 1. The molecule has 0 radical (unpaired) electrons. The number of aryl methyl sites for hydroxylation is 1. The Kier molecular flexibility index (Phi) is 4.43. The van der Waals surface area contributed by atoms with Crippen molar-refractivity contribution in [1.29, 1.82) is 0 Å². The molecule has 1 aliphatic rings. The lowest BCUT2D eigenvalue weighted by atomic mass is 9.85. The fourth-order valence-corrected chi connectivity index (χ4v) is 2.49. The maximum absolute atomic E-state index is 5.84. The molecule has 0 spiro atoms. The van der Waals surface area contributed by atoms with Crippen molar-refractivity contribution in [3.8, 4) is 0 Å². The highest BCUT2D eigenvalue weighted by Crippen LogP contribution is 2.30. The Morgan fingerprint density at radius 3 is 2.89 bits per heavy atom. The molecule has 1 aromatic rings. The molecule has 1 aromatic heterocycles. The third-order valence-corrected chi connectivity index (χ3v) is 3.51. The third-order valence-electron chi connectivity index (χ3n) is 3.29. The maximum Gasteiger partial charge on any atom is 0.129 e. The first-order chi connectivity index (χ1) is 8.65. The molecule has 5 heteroatoms. The Hall–Kier alpha value is -0.840. The van der Waals surface area contributed by atoms with Gasteiger partial charge in [0.25, 0.3) is 0 Å². The van der Waals surface area contributed by atoms with Crippen molar-refractivity contribution in [3.63, 3.8) is 0 Å². The van der Waals surface area contributed by atoms with Crippen molar-refractivity contribution < 1.29 is 9.47 Å². The van der Waals surface area contributed by atoms with Gasteiger partial charge in [0.2, 0.25) is 0 Å². The zero-order chi connectivity index (χ0) is 13.1. The summed E-state index contributed by atoms with van der Waals surface area (Å²) in [4.78, 5) is 4.22.